The average molecular weight is 350 g/mol. The Hall–Kier alpha value is -1.51. The second-order valence-corrected chi connectivity index (χ2v) is 6.48. The Morgan fingerprint density at radius 2 is 2.22 bits per heavy atom. The molecule has 1 atom stereocenters. The van der Waals surface area contributed by atoms with Gasteiger partial charge in [0.25, 0.3) is 0 Å². The molecule has 0 N–H and O–H groups in total. The van der Waals surface area contributed by atoms with Crippen molar-refractivity contribution in [1.29, 1.82) is 0 Å². The minimum absolute atomic E-state index is 0.315. The lowest BCUT2D eigenvalue weighted by molar-refractivity contribution is 0.543. The first-order valence-corrected chi connectivity index (χ1v) is 8.54. The summed E-state index contributed by atoms with van der Waals surface area (Å²) in [6, 6.07) is 1.86. The lowest BCUT2D eigenvalue weighted by Gasteiger charge is -2.04. The van der Waals surface area contributed by atoms with Crippen LogP contribution in [0.15, 0.2) is 52.4 Å². The molecule has 1 aromatic heterocycles. The zero-order chi connectivity index (χ0) is 16.8. The molecule has 122 valence electrons. The van der Waals surface area contributed by atoms with Crippen molar-refractivity contribution in [3.63, 3.8) is 0 Å². The van der Waals surface area contributed by atoms with Crippen LogP contribution in [0.1, 0.15) is 44.6 Å². The molecule has 0 saturated carbocycles. The molecule has 1 aliphatic carbocycles. The minimum atomic E-state index is 0.315. The largest absolute Gasteiger partial charge is 0.453 e. The lowest BCUT2D eigenvalue weighted by Crippen LogP contribution is -1.88. The monoisotopic (exact) mass is 349 g/mol. The quantitative estimate of drug-likeness (QED) is 0.520. The molecule has 0 fully saturated rings. The van der Waals surface area contributed by atoms with Crippen LogP contribution in [0.3, 0.4) is 0 Å². The summed E-state index contributed by atoms with van der Waals surface area (Å²) in [6.07, 6.45) is 13.1. The van der Waals surface area contributed by atoms with Gasteiger partial charge in [-0.1, -0.05) is 74.0 Å². The van der Waals surface area contributed by atoms with Crippen LogP contribution < -0.4 is 0 Å². The molecule has 0 radical (unpaired) electrons. The van der Waals surface area contributed by atoms with Gasteiger partial charge in [0.05, 0.1) is 5.03 Å². The summed E-state index contributed by atoms with van der Waals surface area (Å²) in [4.78, 5) is 4.41. The van der Waals surface area contributed by atoms with E-state index < -0.39 is 0 Å². The highest BCUT2D eigenvalue weighted by molar-refractivity contribution is 6.65. The number of rotatable bonds is 5. The first kappa shape index (κ1) is 17.8. The minimum Gasteiger partial charge on any atom is -0.453 e. The van der Waals surface area contributed by atoms with Gasteiger partial charge in [-0.15, -0.1) is 0 Å². The Morgan fingerprint density at radius 3 is 2.91 bits per heavy atom. The van der Waals surface area contributed by atoms with E-state index in [2.05, 4.69) is 43.6 Å². The van der Waals surface area contributed by atoms with Crippen LogP contribution in [0.5, 0.6) is 0 Å². The second-order valence-electron chi connectivity index (χ2n) is 5.59. The van der Waals surface area contributed by atoms with E-state index in [4.69, 9.17) is 27.6 Å². The Labute approximate surface area is 147 Å². The van der Waals surface area contributed by atoms with Crippen LogP contribution in [-0.2, 0) is 0 Å². The van der Waals surface area contributed by atoms with Crippen LogP contribution in [-0.4, -0.2) is 5.17 Å². The van der Waals surface area contributed by atoms with Gasteiger partial charge >= 0.3 is 0 Å². The molecule has 1 aliphatic rings. The molecule has 2 rings (SSSR count). The van der Waals surface area contributed by atoms with Gasteiger partial charge < -0.3 is 4.42 Å². The number of allylic oxidation sites excluding steroid dienone is 6. The van der Waals surface area contributed by atoms with Crippen molar-refractivity contribution < 1.29 is 4.42 Å². The first-order valence-electron chi connectivity index (χ1n) is 7.78. The normalized spacial score (nSPS) is 19.9. The average Bonchev–Trinajstić information content (AvgIpc) is 2.86. The number of hydrogen-bond donors (Lipinski definition) is 0. The molecule has 23 heavy (non-hydrogen) atoms. The van der Waals surface area contributed by atoms with Crippen molar-refractivity contribution in [2.24, 2.45) is 10.9 Å². The maximum Gasteiger partial charge on any atom is 0.171 e. The van der Waals surface area contributed by atoms with Gasteiger partial charge in [0.15, 0.2) is 5.76 Å². The molecule has 0 amide bonds. The second kappa shape index (κ2) is 8.37. The number of nitrogens with zero attached hydrogens (tertiary/aromatic N) is 1. The summed E-state index contributed by atoms with van der Waals surface area (Å²) in [5.74, 6) is 1.70. The Bertz CT molecular complexity index is 692. The van der Waals surface area contributed by atoms with Crippen LogP contribution in [0.4, 0.5) is 5.69 Å². The fourth-order valence-electron chi connectivity index (χ4n) is 2.25. The molecule has 0 aliphatic heterocycles. The highest BCUT2D eigenvalue weighted by Gasteiger charge is 2.15. The smallest absolute Gasteiger partial charge is 0.171 e. The third-order valence-electron chi connectivity index (χ3n) is 3.46. The predicted octanol–water partition coefficient (Wildman–Crippen LogP) is 7.09. The summed E-state index contributed by atoms with van der Waals surface area (Å²) in [5.41, 5.74) is 1.59. The van der Waals surface area contributed by atoms with Gasteiger partial charge in [0.1, 0.15) is 16.6 Å². The summed E-state index contributed by atoms with van der Waals surface area (Å²) in [6.45, 7) is 7.99. The molecule has 4 heteroatoms. The summed E-state index contributed by atoms with van der Waals surface area (Å²) in [7, 11) is 0. The van der Waals surface area contributed by atoms with Crippen molar-refractivity contribution in [2.45, 2.75) is 33.1 Å². The lowest BCUT2D eigenvalue weighted by atomic mass is 10.0. The van der Waals surface area contributed by atoms with Gasteiger partial charge in [-0.05, 0) is 18.8 Å². The fourth-order valence-corrected chi connectivity index (χ4v) is 2.67. The maximum atomic E-state index is 6.15. The standard InChI is InChI=1S/C19H21Cl2NO/c1-4-7-18(21)22-16-12-17(23-19(16)14(3)20)15-10-5-8-13(2)9-6-11-15/h5-6,8,10-13H,3-4,7,9H2,1-2H3/b8-5-,11-6?,15-10?,22-18?. The third kappa shape index (κ3) is 4.98. The van der Waals surface area contributed by atoms with Crippen LogP contribution in [0.2, 0.25) is 0 Å². The van der Waals surface area contributed by atoms with Gasteiger partial charge in [-0.25, -0.2) is 4.99 Å². The zero-order valence-corrected chi connectivity index (χ0v) is 15.0. The third-order valence-corrected chi connectivity index (χ3v) is 3.91. The van der Waals surface area contributed by atoms with E-state index >= 15 is 0 Å². The highest BCUT2D eigenvalue weighted by atomic mass is 35.5. The number of furan rings is 1. The topological polar surface area (TPSA) is 25.5 Å². The molecule has 0 saturated heterocycles. The predicted molar refractivity (Wildman–Crippen MR) is 101 cm³/mol. The number of hydrogen-bond acceptors (Lipinski definition) is 2. The van der Waals surface area contributed by atoms with Crippen molar-refractivity contribution in [3.05, 3.63) is 54.5 Å². The molecular formula is C19H21Cl2NO. The van der Waals surface area contributed by atoms with Gasteiger partial charge in [0.2, 0.25) is 0 Å². The van der Waals surface area contributed by atoms with E-state index in [-0.39, 0.29) is 0 Å². The van der Waals surface area contributed by atoms with Crippen LogP contribution >= 0.6 is 23.2 Å². The fraction of sp³-hybridized carbons (Fsp3) is 0.316. The molecule has 0 bridgehead atoms. The first-order chi connectivity index (χ1) is 11.0. The van der Waals surface area contributed by atoms with Crippen molar-refractivity contribution >= 4 is 44.7 Å². The molecule has 0 spiro atoms. The van der Waals surface area contributed by atoms with E-state index in [1.54, 1.807) is 0 Å². The number of halogens is 2. The Kier molecular flexibility index (Phi) is 6.49. The van der Waals surface area contributed by atoms with Gasteiger partial charge in [0, 0.05) is 18.1 Å². The molecule has 2 nitrogen and oxygen atoms in total. The van der Waals surface area contributed by atoms with Crippen LogP contribution in [0.25, 0.3) is 10.6 Å². The van der Waals surface area contributed by atoms with E-state index in [9.17, 15) is 0 Å². The SMILES string of the molecule is C=C(Cl)c1oc(C2=C/C=C\C(C)CC=C2)cc1N=C(Cl)CCC. The van der Waals surface area contributed by atoms with Crippen molar-refractivity contribution in [2.75, 3.05) is 0 Å². The Balaban J connectivity index is 2.41. The molecule has 1 unspecified atom stereocenters. The van der Waals surface area contributed by atoms with Gasteiger partial charge in [-0.3, -0.25) is 0 Å². The van der Waals surface area contributed by atoms with E-state index in [0.717, 1.165) is 24.8 Å². The summed E-state index contributed by atoms with van der Waals surface area (Å²) < 4.78 is 5.87. The molecule has 1 heterocycles. The highest BCUT2D eigenvalue weighted by Crippen LogP contribution is 2.35. The van der Waals surface area contributed by atoms with E-state index in [1.165, 1.54) is 0 Å². The van der Waals surface area contributed by atoms with E-state index in [0.29, 0.717) is 33.3 Å². The van der Waals surface area contributed by atoms with Crippen molar-refractivity contribution in [1.82, 2.24) is 0 Å². The van der Waals surface area contributed by atoms with E-state index in [1.807, 2.05) is 18.2 Å². The molecule has 1 aromatic rings. The van der Waals surface area contributed by atoms with Crippen LogP contribution in [0, 0.1) is 5.92 Å². The summed E-state index contributed by atoms with van der Waals surface area (Å²) >= 11 is 12.2. The van der Waals surface area contributed by atoms with Gasteiger partial charge in [-0.2, -0.15) is 0 Å². The Morgan fingerprint density at radius 1 is 1.43 bits per heavy atom. The summed E-state index contributed by atoms with van der Waals surface area (Å²) in [5, 5.41) is 0.852. The van der Waals surface area contributed by atoms with Crippen molar-refractivity contribution in [3.8, 4) is 0 Å². The molecule has 0 aromatic carbocycles. The maximum absolute atomic E-state index is 6.15. The zero-order valence-electron chi connectivity index (χ0n) is 13.5. The number of aliphatic imine (C=N–C) groups is 1. The molecular weight excluding hydrogens is 329 g/mol.